The van der Waals surface area contributed by atoms with Gasteiger partial charge in [0, 0.05) is 18.5 Å². The van der Waals surface area contributed by atoms with Crippen molar-refractivity contribution in [3.8, 4) is 23.2 Å². The van der Waals surface area contributed by atoms with Crippen LogP contribution in [0, 0.1) is 16.1 Å². The maximum Gasteiger partial charge on any atom is 0.223 e. The molecule has 24 heavy (non-hydrogen) atoms. The SMILES string of the molecule is COc1ccc(-c2n[nH]c(=S)n2CCC(=O)NC2(C#N)CC2)cc1. The molecule has 0 unspecified atom stereocenters. The average Bonchev–Trinajstić information content (AvgIpc) is 3.28. The van der Waals surface area contributed by atoms with Crippen LogP contribution >= 0.6 is 12.2 Å². The van der Waals surface area contributed by atoms with E-state index in [4.69, 9.17) is 22.2 Å². The molecule has 1 saturated carbocycles. The minimum Gasteiger partial charge on any atom is -0.497 e. The number of carbonyl (C=O) groups excluding carboxylic acids is 1. The fraction of sp³-hybridized carbons (Fsp3) is 0.375. The van der Waals surface area contributed by atoms with Gasteiger partial charge in [-0.2, -0.15) is 10.4 Å². The van der Waals surface area contributed by atoms with E-state index in [9.17, 15) is 4.79 Å². The largest absolute Gasteiger partial charge is 0.497 e. The van der Waals surface area contributed by atoms with Crippen molar-refractivity contribution in [2.45, 2.75) is 31.3 Å². The van der Waals surface area contributed by atoms with Gasteiger partial charge in [0.15, 0.2) is 10.6 Å². The zero-order chi connectivity index (χ0) is 17.2. The zero-order valence-electron chi connectivity index (χ0n) is 13.2. The molecule has 124 valence electrons. The molecule has 1 heterocycles. The van der Waals surface area contributed by atoms with Gasteiger partial charge in [-0.15, -0.1) is 0 Å². The first kappa shape index (κ1) is 16.2. The topological polar surface area (TPSA) is 95.7 Å². The van der Waals surface area contributed by atoms with Gasteiger partial charge in [0.05, 0.1) is 13.2 Å². The molecule has 3 rings (SSSR count). The van der Waals surface area contributed by atoms with Crippen molar-refractivity contribution in [1.29, 1.82) is 5.26 Å². The number of methoxy groups -OCH3 is 1. The van der Waals surface area contributed by atoms with Crippen LogP contribution in [0.4, 0.5) is 0 Å². The highest BCUT2D eigenvalue weighted by atomic mass is 32.1. The number of carbonyl (C=O) groups is 1. The van der Waals surface area contributed by atoms with Crippen LogP contribution in [0.1, 0.15) is 19.3 Å². The Morgan fingerprint density at radius 2 is 2.21 bits per heavy atom. The van der Waals surface area contributed by atoms with Gasteiger partial charge in [-0.05, 0) is 49.3 Å². The summed E-state index contributed by atoms with van der Waals surface area (Å²) in [5, 5.41) is 18.8. The number of hydrogen-bond donors (Lipinski definition) is 2. The Bertz CT molecular complexity index is 843. The number of nitriles is 1. The molecule has 0 radical (unpaired) electrons. The van der Waals surface area contributed by atoms with E-state index in [-0.39, 0.29) is 12.3 Å². The Hall–Kier alpha value is -2.66. The molecule has 1 aromatic carbocycles. The summed E-state index contributed by atoms with van der Waals surface area (Å²) >= 11 is 5.25. The lowest BCUT2D eigenvalue weighted by Crippen LogP contribution is -2.36. The van der Waals surface area contributed by atoms with E-state index in [1.807, 2.05) is 24.3 Å². The number of amides is 1. The number of H-pyrrole nitrogens is 1. The lowest BCUT2D eigenvalue weighted by Gasteiger charge is -2.10. The quantitative estimate of drug-likeness (QED) is 0.784. The van der Waals surface area contributed by atoms with Crippen LogP contribution in [0.15, 0.2) is 24.3 Å². The third-order valence-electron chi connectivity index (χ3n) is 4.01. The molecule has 0 saturated heterocycles. The van der Waals surface area contributed by atoms with Crippen molar-refractivity contribution < 1.29 is 9.53 Å². The molecule has 7 nitrogen and oxygen atoms in total. The van der Waals surface area contributed by atoms with Crippen molar-refractivity contribution in [1.82, 2.24) is 20.1 Å². The minimum absolute atomic E-state index is 0.155. The predicted molar refractivity (Wildman–Crippen MR) is 89.7 cm³/mol. The zero-order valence-corrected chi connectivity index (χ0v) is 14.0. The number of aromatic nitrogens is 3. The van der Waals surface area contributed by atoms with Crippen molar-refractivity contribution in [2.24, 2.45) is 0 Å². The molecular weight excluding hydrogens is 326 g/mol. The second-order valence-electron chi connectivity index (χ2n) is 5.72. The fourth-order valence-corrected chi connectivity index (χ4v) is 2.64. The second kappa shape index (κ2) is 6.45. The van der Waals surface area contributed by atoms with Crippen LogP contribution in [0.5, 0.6) is 5.75 Å². The van der Waals surface area contributed by atoms with Gasteiger partial charge < -0.3 is 10.1 Å². The smallest absolute Gasteiger partial charge is 0.223 e. The number of ether oxygens (including phenoxy) is 1. The summed E-state index contributed by atoms with van der Waals surface area (Å²) in [6.07, 6.45) is 1.68. The number of aromatic amines is 1. The van der Waals surface area contributed by atoms with Crippen LogP contribution in [-0.2, 0) is 11.3 Å². The summed E-state index contributed by atoms with van der Waals surface area (Å²) < 4.78 is 7.38. The van der Waals surface area contributed by atoms with Gasteiger partial charge in [0.2, 0.25) is 5.91 Å². The number of nitrogens with zero attached hydrogens (tertiary/aromatic N) is 3. The molecule has 0 bridgehead atoms. The summed E-state index contributed by atoms with van der Waals surface area (Å²) in [4.78, 5) is 12.0. The third-order valence-corrected chi connectivity index (χ3v) is 4.32. The molecular formula is C16H17N5O2S. The van der Waals surface area contributed by atoms with Crippen molar-refractivity contribution in [3.63, 3.8) is 0 Å². The minimum atomic E-state index is -0.645. The van der Waals surface area contributed by atoms with Crippen molar-refractivity contribution in [2.75, 3.05) is 7.11 Å². The molecule has 1 amide bonds. The first-order chi connectivity index (χ1) is 11.6. The highest BCUT2D eigenvalue weighted by Crippen LogP contribution is 2.34. The summed E-state index contributed by atoms with van der Waals surface area (Å²) in [5.74, 6) is 1.26. The Morgan fingerprint density at radius 3 is 2.79 bits per heavy atom. The van der Waals surface area contributed by atoms with Crippen LogP contribution in [0.25, 0.3) is 11.4 Å². The van der Waals surface area contributed by atoms with Crippen LogP contribution < -0.4 is 10.1 Å². The van der Waals surface area contributed by atoms with E-state index in [1.54, 1.807) is 11.7 Å². The highest BCUT2D eigenvalue weighted by molar-refractivity contribution is 7.71. The molecule has 1 aliphatic rings. The molecule has 1 aromatic heterocycles. The molecule has 0 atom stereocenters. The second-order valence-corrected chi connectivity index (χ2v) is 6.11. The maximum absolute atomic E-state index is 12.0. The van der Waals surface area contributed by atoms with Gasteiger partial charge in [0.1, 0.15) is 11.3 Å². The standard InChI is InChI=1S/C16H17N5O2S/c1-23-12-4-2-11(3-5-12)14-19-20-15(24)21(14)9-6-13(22)18-16(10-17)7-8-16/h2-5H,6-9H2,1H3,(H,18,22)(H,20,24). The number of hydrogen-bond acceptors (Lipinski definition) is 5. The van der Waals surface area contributed by atoms with Crippen molar-refractivity contribution in [3.05, 3.63) is 29.0 Å². The van der Waals surface area contributed by atoms with Crippen LogP contribution in [0.3, 0.4) is 0 Å². The fourth-order valence-electron chi connectivity index (χ4n) is 2.42. The van der Waals surface area contributed by atoms with E-state index < -0.39 is 5.54 Å². The first-order valence-electron chi connectivity index (χ1n) is 7.59. The van der Waals surface area contributed by atoms with Gasteiger partial charge in [0.25, 0.3) is 0 Å². The summed E-state index contributed by atoms with van der Waals surface area (Å²) in [7, 11) is 1.61. The Kier molecular flexibility index (Phi) is 4.36. The molecule has 1 aliphatic carbocycles. The molecule has 0 spiro atoms. The highest BCUT2D eigenvalue weighted by Gasteiger charge is 2.44. The van der Waals surface area contributed by atoms with Gasteiger partial charge in [-0.1, -0.05) is 0 Å². The summed E-state index contributed by atoms with van der Waals surface area (Å²) in [6, 6.07) is 9.60. The lowest BCUT2D eigenvalue weighted by atomic mass is 10.2. The molecule has 8 heteroatoms. The Balaban J connectivity index is 1.72. The van der Waals surface area contributed by atoms with Gasteiger partial charge in [-0.25, -0.2) is 0 Å². The molecule has 2 aromatic rings. The average molecular weight is 343 g/mol. The predicted octanol–water partition coefficient (Wildman–Crippen LogP) is 2.18. The van der Waals surface area contributed by atoms with E-state index in [1.165, 1.54) is 0 Å². The first-order valence-corrected chi connectivity index (χ1v) is 8.00. The van der Waals surface area contributed by atoms with Crippen LogP contribution in [-0.4, -0.2) is 33.3 Å². The Morgan fingerprint density at radius 1 is 1.50 bits per heavy atom. The normalized spacial score (nSPS) is 14.7. The molecule has 1 fully saturated rings. The van der Waals surface area contributed by atoms with Crippen LogP contribution in [0.2, 0.25) is 0 Å². The monoisotopic (exact) mass is 343 g/mol. The van der Waals surface area contributed by atoms with E-state index >= 15 is 0 Å². The Labute approximate surface area is 144 Å². The lowest BCUT2D eigenvalue weighted by molar-refractivity contribution is -0.121. The number of benzene rings is 1. The third kappa shape index (κ3) is 3.31. The number of rotatable bonds is 6. The maximum atomic E-state index is 12.0. The number of nitrogens with one attached hydrogen (secondary N) is 2. The van der Waals surface area contributed by atoms with E-state index in [2.05, 4.69) is 21.6 Å². The molecule has 0 aliphatic heterocycles. The molecule has 2 N–H and O–H groups in total. The summed E-state index contributed by atoms with van der Waals surface area (Å²) in [5.41, 5.74) is 0.229. The van der Waals surface area contributed by atoms with Gasteiger partial charge >= 0.3 is 0 Å². The summed E-state index contributed by atoms with van der Waals surface area (Å²) in [6.45, 7) is 0.393. The van der Waals surface area contributed by atoms with E-state index in [0.29, 0.717) is 17.1 Å². The van der Waals surface area contributed by atoms with Crippen molar-refractivity contribution >= 4 is 18.1 Å². The van der Waals surface area contributed by atoms with Gasteiger partial charge in [-0.3, -0.25) is 14.5 Å². The van der Waals surface area contributed by atoms with E-state index in [0.717, 1.165) is 24.2 Å².